The van der Waals surface area contributed by atoms with E-state index in [-0.39, 0.29) is 0 Å². The third kappa shape index (κ3) is 2.26. The van der Waals surface area contributed by atoms with E-state index in [1.54, 1.807) is 24.6 Å². The first-order chi connectivity index (χ1) is 7.47. The van der Waals surface area contributed by atoms with Gasteiger partial charge in [0, 0.05) is 6.20 Å². The Morgan fingerprint density at radius 3 is 2.94 bits per heavy atom. The summed E-state index contributed by atoms with van der Waals surface area (Å²) in [6.45, 7) is 3.32. The van der Waals surface area contributed by atoms with Crippen LogP contribution in [0.3, 0.4) is 0 Å². The lowest BCUT2D eigenvalue weighted by Crippen LogP contribution is -2.14. The number of aliphatic hydroxyl groups is 1. The van der Waals surface area contributed by atoms with Gasteiger partial charge < -0.3 is 5.11 Å². The van der Waals surface area contributed by atoms with E-state index in [1.165, 1.54) is 0 Å². The van der Waals surface area contributed by atoms with Gasteiger partial charge in [-0.25, -0.2) is 4.52 Å². The molecule has 16 heavy (non-hydrogen) atoms. The highest BCUT2D eigenvalue weighted by Gasteiger charge is 2.08. The van der Waals surface area contributed by atoms with Gasteiger partial charge in [-0.15, -0.1) is 0 Å². The molecule has 0 unspecified atom stereocenters. The van der Waals surface area contributed by atoms with Crippen LogP contribution in [0.5, 0.6) is 0 Å². The summed E-state index contributed by atoms with van der Waals surface area (Å²) in [4.78, 5) is 0. The van der Waals surface area contributed by atoms with Gasteiger partial charge in [0.2, 0.25) is 0 Å². The van der Waals surface area contributed by atoms with Gasteiger partial charge in [0.15, 0.2) is 0 Å². The minimum atomic E-state index is -0.987. The molecule has 2 aromatic rings. The molecule has 0 atom stereocenters. The molecule has 3 nitrogen and oxygen atoms in total. The van der Waals surface area contributed by atoms with Gasteiger partial charge in [-0.2, -0.15) is 5.10 Å². The van der Waals surface area contributed by atoms with Crippen molar-refractivity contribution in [3.05, 3.63) is 34.6 Å². The molecule has 0 aromatic carbocycles. The molecular weight excluding hydrogens is 268 g/mol. The second kappa shape index (κ2) is 3.93. The van der Waals surface area contributed by atoms with Crippen LogP contribution in [-0.2, 0) is 0 Å². The van der Waals surface area contributed by atoms with Gasteiger partial charge in [0.05, 0.1) is 21.7 Å². The molecular formula is C12H11BrN2O. The van der Waals surface area contributed by atoms with Gasteiger partial charge in [-0.05, 0) is 41.9 Å². The predicted molar refractivity (Wildman–Crippen MR) is 66.1 cm³/mol. The third-order valence-electron chi connectivity index (χ3n) is 2.00. The van der Waals surface area contributed by atoms with Crippen LogP contribution in [0.2, 0.25) is 0 Å². The molecule has 0 aliphatic heterocycles. The molecule has 4 heteroatoms. The van der Waals surface area contributed by atoms with Crippen molar-refractivity contribution in [2.75, 3.05) is 0 Å². The van der Waals surface area contributed by atoms with Crippen LogP contribution < -0.4 is 0 Å². The molecule has 0 fully saturated rings. The molecule has 0 aliphatic rings. The van der Waals surface area contributed by atoms with Crippen molar-refractivity contribution >= 4 is 21.4 Å². The van der Waals surface area contributed by atoms with Crippen LogP contribution in [0, 0.1) is 11.8 Å². The van der Waals surface area contributed by atoms with Crippen molar-refractivity contribution in [3.63, 3.8) is 0 Å². The second-order valence-corrected chi connectivity index (χ2v) is 4.87. The molecule has 0 radical (unpaired) electrons. The van der Waals surface area contributed by atoms with Crippen LogP contribution in [0.4, 0.5) is 0 Å². The number of halogens is 1. The van der Waals surface area contributed by atoms with Crippen molar-refractivity contribution in [1.82, 2.24) is 9.61 Å². The average molecular weight is 279 g/mol. The van der Waals surface area contributed by atoms with Crippen LogP contribution in [-0.4, -0.2) is 20.3 Å². The topological polar surface area (TPSA) is 37.5 Å². The lowest BCUT2D eigenvalue weighted by Gasteiger charge is -2.06. The van der Waals surface area contributed by atoms with Crippen molar-refractivity contribution in [2.45, 2.75) is 19.4 Å². The van der Waals surface area contributed by atoms with E-state index >= 15 is 0 Å². The molecule has 2 rings (SSSR count). The van der Waals surface area contributed by atoms with Crippen LogP contribution in [0.25, 0.3) is 5.52 Å². The molecule has 0 amide bonds. The van der Waals surface area contributed by atoms with Crippen molar-refractivity contribution in [1.29, 1.82) is 0 Å². The SMILES string of the molecule is CC(C)(O)C#Cc1cccn2ncc(Br)c12. The lowest BCUT2D eigenvalue weighted by atomic mass is 10.1. The van der Waals surface area contributed by atoms with Crippen LogP contribution in [0.15, 0.2) is 29.0 Å². The van der Waals surface area contributed by atoms with Crippen LogP contribution in [0.1, 0.15) is 19.4 Å². The molecule has 0 saturated carbocycles. The maximum absolute atomic E-state index is 9.56. The number of fused-ring (bicyclic) bond motifs is 1. The van der Waals surface area contributed by atoms with Gasteiger partial charge in [-0.1, -0.05) is 11.8 Å². The zero-order valence-corrected chi connectivity index (χ0v) is 10.6. The van der Waals surface area contributed by atoms with E-state index in [4.69, 9.17) is 0 Å². The normalized spacial score (nSPS) is 11.2. The summed E-state index contributed by atoms with van der Waals surface area (Å²) in [6.07, 6.45) is 3.58. The lowest BCUT2D eigenvalue weighted by molar-refractivity contribution is 0.143. The van der Waals surface area contributed by atoms with E-state index in [0.29, 0.717) is 0 Å². The smallest absolute Gasteiger partial charge is 0.120 e. The van der Waals surface area contributed by atoms with E-state index in [9.17, 15) is 5.11 Å². The largest absolute Gasteiger partial charge is 0.378 e. The first kappa shape index (κ1) is 11.2. The second-order valence-electron chi connectivity index (χ2n) is 4.02. The summed E-state index contributed by atoms with van der Waals surface area (Å²) in [7, 11) is 0. The zero-order valence-electron chi connectivity index (χ0n) is 9.03. The summed E-state index contributed by atoms with van der Waals surface area (Å²) in [5, 5.41) is 13.7. The van der Waals surface area contributed by atoms with Gasteiger partial charge in [-0.3, -0.25) is 0 Å². The Balaban J connectivity index is 2.59. The van der Waals surface area contributed by atoms with Gasteiger partial charge >= 0.3 is 0 Å². The Hall–Kier alpha value is -1.31. The van der Waals surface area contributed by atoms with Crippen LogP contribution >= 0.6 is 15.9 Å². The van der Waals surface area contributed by atoms with E-state index < -0.39 is 5.60 Å². The minimum absolute atomic E-state index is 0.842. The number of nitrogens with zero attached hydrogens (tertiary/aromatic N) is 2. The number of pyridine rings is 1. The molecule has 0 saturated heterocycles. The molecule has 0 aliphatic carbocycles. The molecule has 2 aromatic heterocycles. The number of hydrogen-bond acceptors (Lipinski definition) is 2. The van der Waals surface area contributed by atoms with E-state index in [0.717, 1.165) is 15.6 Å². The molecule has 1 N–H and O–H groups in total. The summed E-state index contributed by atoms with van der Waals surface area (Å²) < 4.78 is 2.64. The third-order valence-corrected chi connectivity index (χ3v) is 2.58. The predicted octanol–water partition coefficient (Wildman–Crippen LogP) is 2.22. The number of hydrogen-bond donors (Lipinski definition) is 1. The number of rotatable bonds is 0. The average Bonchev–Trinajstić information content (AvgIpc) is 2.57. The standard InChI is InChI=1S/C12H11BrN2O/c1-12(2,16)6-5-9-4-3-7-15-11(9)10(13)8-14-15/h3-4,7-8,16H,1-2H3. The van der Waals surface area contributed by atoms with Crippen molar-refractivity contribution in [2.24, 2.45) is 0 Å². The monoisotopic (exact) mass is 278 g/mol. The Morgan fingerprint density at radius 1 is 1.50 bits per heavy atom. The van der Waals surface area contributed by atoms with Crippen molar-refractivity contribution < 1.29 is 5.11 Å². The fourth-order valence-corrected chi connectivity index (χ4v) is 1.81. The van der Waals surface area contributed by atoms with Crippen molar-refractivity contribution in [3.8, 4) is 11.8 Å². The molecule has 82 valence electrons. The maximum atomic E-state index is 9.56. The highest BCUT2D eigenvalue weighted by Crippen LogP contribution is 2.20. The highest BCUT2D eigenvalue weighted by molar-refractivity contribution is 9.10. The number of aromatic nitrogens is 2. The minimum Gasteiger partial charge on any atom is -0.378 e. The van der Waals surface area contributed by atoms with E-state index in [2.05, 4.69) is 32.9 Å². The summed E-state index contributed by atoms with van der Waals surface area (Å²) in [5.74, 6) is 5.75. The highest BCUT2D eigenvalue weighted by atomic mass is 79.9. The molecule has 0 spiro atoms. The van der Waals surface area contributed by atoms with Gasteiger partial charge in [0.1, 0.15) is 5.60 Å². The molecule has 0 bridgehead atoms. The zero-order chi connectivity index (χ0) is 11.8. The summed E-state index contributed by atoms with van der Waals surface area (Å²) >= 11 is 3.42. The summed E-state index contributed by atoms with van der Waals surface area (Å²) in [6, 6.07) is 3.78. The Labute approximate surface area is 102 Å². The summed E-state index contributed by atoms with van der Waals surface area (Å²) in [5.41, 5.74) is 0.771. The Bertz CT molecular complexity index is 584. The molecule has 2 heterocycles. The fraction of sp³-hybridized carbons (Fsp3) is 0.250. The fourth-order valence-electron chi connectivity index (χ4n) is 1.33. The Morgan fingerprint density at radius 2 is 2.25 bits per heavy atom. The quantitative estimate of drug-likeness (QED) is 0.751. The first-order valence-corrected chi connectivity index (χ1v) is 5.64. The van der Waals surface area contributed by atoms with E-state index in [1.807, 2.05) is 18.3 Å². The Kier molecular flexibility index (Phi) is 2.75. The van der Waals surface area contributed by atoms with Gasteiger partial charge in [0.25, 0.3) is 0 Å². The first-order valence-electron chi connectivity index (χ1n) is 4.85. The maximum Gasteiger partial charge on any atom is 0.120 e.